The van der Waals surface area contributed by atoms with Crippen LogP contribution in [0.4, 0.5) is 5.69 Å². The van der Waals surface area contributed by atoms with Gasteiger partial charge in [0.2, 0.25) is 10.0 Å². The zero-order valence-corrected chi connectivity index (χ0v) is 11.1. The Morgan fingerprint density at radius 1 is 1.50 bits per heavy atom. The number of sulfonamides is 1. The number of nitrogens with two attached hydrogens (primary N) is 1. The Bertz CT molecular complexity index is 528. The largest absolute Gasteiger partial charge is 0.399 e. The molecule has 1 aliphatic rings. The minimum Gasteiger partial charge on any atom is -0.399 e. The lowest BCUT2D eigenvalue weighted by molar-refractivity contribution is 0.133. The highest BCUT2D eigenvalue weighted by atomic mass is 32.2. The third-order valence-corrected chi connectivity index (χ3v) is 5.23. The van der Waals surface area contributed by atoms with Gasteiger partial charge in [0.05, 0.1) is 11.0 Å². The Hall–Kier alpha value is -1.11. The van der Waals surface area contributed by atoms with Crippen molar-refractivity contribution in [2.24, 2.45) is 5.92 Å². The van der Waals surface area contributed by atoms with E-state index in [4.69, 9.17) is 5.73 Å². The summed E-state index contributed by atoms with van der Waals surface area (Å²) in [5.41, 5.74) is 6.04. The molecule has 1 aliphatic heterocycles. The maximum Gasteiger partial charge on any atom is 0.243 e. The number of nitrogen functional groups attached to an aromatic ring is 1. The first kappa shape index (κ1) is 13.3. The zero-order chi connectivity index (χ0) is 13.3. The maximum atomic E-state index is 12.3. The zero-order valence-electron chi connectivity index (χ0n) is 10.3. The van der Waals surface area contributed by atoms with Crippen LogP contribution in [0.3, 0.4) is 0 Å². The molecule has 3 N–H and O–H groups in total. The van der Waals surface area contributed by atoms with Crippen LogP contribution < -0.4 is 5.73 Å². The third kappa shape index (κ3) is 2.50. The van der Waals surface area contributed by atoms with Crippen LogP contribution in [0.25, 0.3) is 0 Å². The fourth-order valence-electron chi connectivity index (χ4n) is 2.19. The monoisotopic (exact) mass is 270 g/mol. The van der Waals surface area contributed by atoms with E-state index in [1.807, 2.05) is 0 Å². The summed E-state index contributed by atoms with van der Waals surface area (Å²) in [6.45, 7) is 2.52. The molecule has 0 radical (unpaired) electrons. The van der Waals surface area contributed by atoms with Crippen LogP contribution >= 0.6 is 0 Å². The van der Waals surface area contributed by atoms with Crippen LogP contribution in [0.1, 0.15) is 13.3 Å². The SMILES string of the molecule is CC(O)C1CCN(S(=O)(=O)c2cccc(N)c2)C1. The van der Waals surface area contributed by atoms with E-state index in [1.165, 1.54) is 10.4 Å². The van der Waals surface area contributed by atoms with E-state index in [9.17, 15) is 13.5 Å². The Kier molecular flexibility index (Phi) is 3.61. The molecule has 1 aromatic rings. The summed E-state index contributed by atoms with van der Waals surface area (Å²) in [4.78, 5) is 0.216. The van der Waals surface area contributed by atoms with Gasteiger partial charge in [-0.15, -0.1) is 0 Å². The second-order valence-electron chi connectivity index (χ2n) is 4.72. The molecule has 0 saturated carbocycles. The Morgan fingerprint density at radius 2 is 2.22 bits per heavy atom. The number of anilines is 1. The van der Waals surface area contributed by atoms with Gasteiger partial charge in [-0.2, -0.15) is 4.31 Å². The Balaban J connectivity index is 2.23. The summed E-state index contributed by atoms with van der Waals surface area (Å²) in [6, 6.07) is 6.29. The maximum absolute atomic E-state index is 12.3. The standard InChI is InChI=1S/C12H18N2O3S/c1-9(15)10-5-6-14(8-10)18(16,17)12-4-2-3-11(13)7-12/h2-4,7,9-10,15H,5-6,8,13H2,1H3. The molecule has 1 aromatic carbocycles. The van der Waals surface area contributed by atoms with Crippen molar-refractivity contribution in [1.29, 1.82) is 0 Å². The summed E-state index contributed by atoms with van der Waals surface area (Å²) >= 11 is 0. The highest BCUT2D eigenvalue weighted by molar-refractivity contribution is 7.89. The van der Waals surface area contributed by atoms with Crippen molar-refractivity contribution >= 4 is 15.7 Å². The molecule has 0 aliphatic carbocycles. The lowest BCUT2D eigenvalue weighted by Crippen LogP contribution is -2.30. The van der Waals surface area contributed by atoms with E-state index in [2.05, 4.69) is 0 Å². The van der Waals surface area contributed by atoms with Crippen molar-refractivity contribution in [3.8, 4) is 0 Å². The van der Waals surface area contributed by atoms with E-state index in [1.54, 1.807) is 25.1 Å². The summed E-state index contributed by atoms with van der Waals surface area (Å²) in [5, 5.41) is 9.51. The van der Waals surface area contributed by atoms with Crippen molar-refractivity contribution < 1.29 is 13.5 Å². The lowest BCUT2D eigenvalue weighted by atomic mass is 10.0. The molecule has 1 saturated heterocycles. The summed E-state index contributed by atoms with van der Waals surface area (Å²) in [5.74, 6) is 0.0147. The van der Waals surface area contributed by atoms with Gasteiger partial charge in [-0.25, -0.2) is 8.42 Å². The van der Waals surface area contributed by atoms with Crippen LogP contribution in [0.2, 0.25) is 0 Å². The van der Waals surface area contributed by atoms with Crippen molar-refractivity contribution in [3.05, 3.63) is 24.3 Å². The van der Waals surface area contributed by atoms with Crippen molar-refractivity contribution in [2.45, 2.75) is 24.3 Å². The molecular weight excluding hydrogens is 252 g/mol. The minimum atomic E-state index is -3.49. The number of aliphatic hydroxyl groups excluding tert-OH is 1. The molecule has 2 atom stereocenters. The highest BCUT2D eigenvalue weighted by Gasteiger charge is 2.34. The molecule has 2 unspecified atom stereocenters. The Labute approximate surface area is 107 Å². The van der Waals surface area contributed by atoms with Gasteiger partial charge in [0.1, 0.15) is 0 Å². The van der Waals surface area contributed by atoms with Crippen LogP contribution in [-0.2, 0) is 10.0 Å². The number of benzene rings is 1. The molecule has 5 nitrogen and oxygen atoms in total. The van der Waals surface area contributed by atoms with E-state index < -0.39 is 16.1 Å². The normalized spacial score (nSPS) is 23.1. The molecular formula is C12H18N2O3S. The quantitative estimate of drug-likeness (QED) is 0.790. The minimum absolute atomic E-state index is 0.0147. The Morgan fingerprint density at radius 3 is 2.78 bits per heavy atom. The van der Waals surface area contributed by atoms with Crippen LogP contribution in [-0.4, -0.2) is 37.0 Å². The number of aliphatic hydroxyl groups is 1. The van der Waals surface area contributed by atoms with Crippen LogP contribution in [0.5, 0.6) is 0 Å². The highest BCUT2D eigenvalue weighted by Crippen LogP contribution is 2.26. The number of rotatable bonds is 3. The van der Waals surface area contributed by atoms with Gasteiger partial charge in [-0.05, 0) is 37.5 Å². The lowest BCUT2D eigenvalue weighted by Gasteiger charge is -2.17. The number of nitrogens with zero attached hydrogens (tertiary/aromatic N) is 1. The van der Waals surface area contributed by atoms with Gasteiger partial charge >= 0.3 is 0 Å². The molecule has 100 valence electrons. The predicted molar refractivity (Wildman–Crippen MR) is 69.4 cm³/mol. The molecule has 6 heteroatoms. The first-order chi connectivity index (χ1) is 8.41. The number of hydrogen-bond acceptors (Lipinski definition) is 4. The second kappa shape index (κ2) is 4.87. The van der Waals surface area contributed by atoms with Crippen LogP contribution in [0.15, 0.2) is 29.2 Å². The van der Waals surface area contributed by atoms with Crippen molar-refractivity contribution in [2.75, 3.05) is 18.8 Å². The average Bonchev–Trinajstić information content (AvgIpc) is 2.79. The fraction of sp³-hybridized carbons (Fsp3) is 0.500. The van der Waals surface area contributed by atoms with Gasteiger partial charge in [0, 0.05) is 18.8 Å². The van der Waals surface area contributed by atoms with Crippen LogP contribution in [0, 0.1) is 5.92 Å². The van der Waals surface area contributed by atoms with E-state index in [0.29, 0.717) is 25.2 Å². The van der Waals surface area contributed by atoms with E-state index in [0.717, 1.165) is 0 Å². The topological polar surface area (TPSA) is 83.6 Å². The first-order valence-corrected chi connectivity index (χ1v) is 7.39. The molecule has 1 heterocycles. The molecule has 0 spiro atoms. The van der Waals surface area contributed by atoms with Gasteiger partial charge < -0.3 is 10.8 Å². The van der Waals surface area contributed by atoms with E-state index in [-0.39, 0.29) is 10.8 Å². The van der Waals surface area contributed by atoms with Crippen molar-refractivity contribution in [3.63, 3.8) is 0 Å². The molecule has 2 rings (SSSR count). The molecule has 0 aromatic heterocycles. The van der Waals surface area contributed by atoms with Gasteiger partial charge in [0.25, 0.3) is 0 Å². The van der Waals surface area contributed by atoms with E-state index >= 15 is 0 Å². The fourth-order valence-corrected chi connectivity index (χ4v) is 3.76. The smallest absolute Gasteiger partial charge is 0.243 e. The third-order valence-electron chi connectivity index (χ3n) is 3.37. The predicted octanol–water partition coefficient (Wildman–Crippen LogP) is 0.660. The number of hydrogen-bond donors (Lipinski definition) is 2. The van der Waals surface area contributed by atoms with Gasteiger partial charge in [0.15, 0.2) is 0 Å². The van der Waals surface area contributed by atoms with Crippen molar-refractivity contribution in [1.82, 2.24) is 4.31 Å². The second-order valence-corrected chi connectivity index (χ2v) is 6.66. The molecule has 1 fully saturated rings. The van der Waals surface area contributed by atoms with Gasteiger partial charge in [-0.1, -0.05) is 6.07 Å². The molecule has 0 bridgehead atoms. The molecule has 0 amide bonds. The summed E-state index contributed by atoms with van der Waals surface area (Å²) < 4.78 is 26.1. The molecule has 18 heavy (non-hydrogen) atoms. The first-order valence-electron chi connectivity index (χ1n) is 5.95. The summed E-state index contributed by atoms with van der Waals surface area (Å²) in [7, 11) is -3.49. The summed E-state index contributed by atoms with van der Waals surface area (Å²) in [6.07, 6.45) is 0.213. The van der Waals surface area contributed by atoms with Gasteiger partial charge in [-0.3, -0.25) is 0 Å². The average molecular weight is 270 g/mol.